The molecule has 7 heteroatoms. The first-order valence-electron chi connectivity index (χ1n) is 18.7. The molecule has 0 unspecified atom stereocenters. The van der Waals surface area contributed by atoms with Gasteiger partial charge in [0.25, 0.3) is 0 Å². The van der Waals surface area contributed by atoms with Crippen molar-refractivity contribution >= 4 is 63.1 Å². The van der Waals surface area contributed by atoms with Gasteiger partial charge in [0.05, 0.1) is 0 Å². The Balaban J connectivity index is 1.37. The van der Waals surface area contributed by atoms with E-state index in [0.29, 0.717) is 0 Å². The number of nitriles is 1. The Morgan fingerprint density at radius 2 is 1.19 bits per heavy atom. The average Bonchev–Trinajstić information content (AvgIpc) is 3.94. The Morgan fingerprint density at radius 1 is 0.642 bits per heavy atom. The maximum Gasteiger partial charge on any atom is 0.346 e. The third-order valence-electron chi connectivity index (χ3n) is 9.36. The van der Waals surface area contributed by atoms with Crippen LogP contribution in [0.3, 0.4) is 0 Å². The molecule has 0 amide bonds. The van der Waals surface area contributed by atoms with Crippen molar-refractivity contribution < 1.29 is 9.90 Å². The van der Waals surface area contributed by atoms with Gasteiger partial charge in [0.15, 0.2) is 0 Å². The molecule has 53 heavy (non-hydrogen) atoms. The van der Waals surface area contributed by atoms with Gasteiger partial charge in [-0.2, -0.15) is 5.26 Å². The molecule has 0 aliphatic rings. The highest BCUT2D eigenvalue weighted by atomic mass is 32.1. The molecule has 4 nitrogen and oxygen atoms in total. The van der Waals surface area contributed by atoms with Crippen LogP contribution >= 0.6 is 34.0 Å². The van der Waals surface area contributed by atoms with Crippen molar-refractivity contribution in [1.82, 2.24) is 0 Å². The van der Waals surface area contributed by atoms with E-state index in [-0.39, 0.29) is 5.57 Å². The number of carboxylic acids is 1. The molecule has 6 aromatic rings. The zero-order chi connectivity index (χ0) is 37.0. The number of carbonyl (C=O) groups is 1. The summed E-state index contributed by atoms with van der Waals surface area (Å²) < 4.78 is 0. The lowest BCUT2D eigenvalue weighted by Gasteiger charge is -2.25. The highest BCUT2D eigenvalue weighted by Crippen LogP contribution is 2.47. The van der Waals surface area contributed by atoms with Gasteiger partial charge in [-0.05, 0) is 109 Å². The quantitative estimate of drug-likeness (QED) is 0.0539. The molecule has 0 spiro atoms. The van der Waals surface area contributed by atoms with Gasteiger partial charge in [0.1, 0.15) is 11.6 Å². The molecule has 3 heterocycles. The van der Waals surface area contributed by atoms with Crippen LogP contribution in [0.25, 0.3) is 36.0 Å². The summed E-state index contributed by atoms with van der Waals surface area (Å²) in [6.07, 6.45) is 13.3. The minimum atomic E-state index is -1.20. The SMILES string of the molecule is CCCCCCc1cc(-c2sc(-c3ccc(/C=C(/C#N)C(=O)O)s3)cc2CCCCCC)sc1-c1ccc(N(c2ccccc2)c2ccccc2)cc1. The Morgan fingerprint density at radius 3 is 1.75 bits per heavy atom. The second-order valence-corrected chi connectivity index (χ2v) is 16.5. The molecule has 0 fully saturated rings. The summed E-state index contributed by atoms with van der Waals surface area (Å²) in [5, 5.41) is 18.7. The zero-order valence-corrected chi connectivity index (χ0v) is 33.0. The number of thiophene rings is 3. The molecule has 3 aromatic heterocycles. The lowest BCUT2D eigenvalue weighted by molar-refractivity contribution is -0.132. The first-order valence-corrected chi connectivity index (χ1v) is 21.2. The molecule has 0 atom stereocenters. The molecule has 6 rings (SSSR count). The third kappa shape index (κ3) is 9.63. The molecule has 270 valence electrons. The molecule has 0 radical (unpaired) electrons. The van der Waals surface area contributed by atoms with E-state index in [1.165, 1.54) is 98.6 Å². The van der Waals surface area contributed by atoms with Gasteiger partial charge >= 0.3 is 5.97 Å². The van der Waals surface area contributed by atoms with E-state index in [1.807, 2.05) is 28.7 Å². The van der Waals surface area contributed by atoms with Crippen LogP contribution in [0.5, 0.6) is 0 Å². The summed E-state index contributed by atoms with van der Waals surface area (Å²) in [7, 11) is 0. The number of hydrogen-bond acceptors (Lipinski definition) is 6. The highest BCUT2D eigenvalue weighted by molar-refractivity contribution is 7.27. The minimum absolute atomic E-state index is 0.250. The van der Waals surface area contributed by atoms with Crippen molar-refractivity contribution in [2.75, 3.05) is 4.90 Å². The van der Waals surface area contributed by atoms with Crippen LogP contribution in [0, 0.1) is 11.3 Å². The molecule has 3 aromatic carbocycles. The minimum Gasteiger partial charge on any atom is -0.477 e. The summed E-state index contributed by atoms with van der Waals surface area (Å²) in [5.74, 6) is -1.20. The van der Waals surface area contributed by atoms with Crippen molar-refractivity contribution in [1.29, 1.82) is 5.26 Å². The largest absolute Gasteiger partial charge is 0.477 e. The Hall–Kier alpha value is -4.74. The fourth-order valence-electron chi connectivity index (χ4n) is 6.61. The normalized spacial score (nSPS) is 11.5. The number of nitrogens with zero attached hydrogens (tertiary/aromatic N) is 2. The van der Waals surface area contributed by atoms with Crippen molar-refractivity contribution in [2.45, 2.75) is 78.1 Å². The van der Waals surface area contributed by atoms with Gasteiger partial charge in [0, 0.05) is 46.3 Å². The summed E-state index contributed by atoms with van der Waals surface area (Å²) in [5.41, 5.74) is 7.19. The second kappa shape index (κ2) is 18.8. The summed E-state index contributed by atoms with van der Waals surface area (Å²) >= 11 is 5.29. The Labute approximate surface area is 326 Å². The summed E-state index contributed by atoms with van der Waals surface area (Å²) in [6, 6.07) is 40.8. The van der Waals surface area contributed by atoms with Gasteiger partial charge in [-0.15, -0.1) is 34.0 Å². The predicted octanol–water partition coefficient (Wildman–Crippen LogP) is 14.6. The molecular weight excluding hydrogens is 709 g/mol. The molecule has 0 saturated carbocycles. The fraction of sp³-hybridized carbons (Fsp3) is 0.261. The van der Waals surface area contributed by atoms with Gasteiger partial charge in [-0.3, -0.25) is 0 Å². The smallest absolute Gasteiger partial charge is 0.346 e. The summed E-state index contributed by atoms with van der Waals surface area (Å²) in [4.78, 5) is 20.8. The number of anilines is 3. The number of carboxylic acid groups (broad SMARTS) is 1. The lowest BCUT2D eigenvalue weighted by atomic mass is 10.0. The first kappa shape index (κ1) is 38.0. The van der Waals surface area contributed by atoms with Crippen molar-refractivity contribution in [3.05, 3.63) is 131 Å². The van der Waals surface area contributed by atoms with Crippen LogP contribution in [-0.4, -0.2) is 11.1 Å². The van der Waals surface area contributed by atoms with E-state index in [2.05, 4.69) is 122 Å². The maximum absolute atomic E-state index is 11.5. The second-order valence-electron chi connectivity index (χ2n) is 13.3. The number of aliphatic carboxylic acids is 1. The van der Waals surface area contributed by atoms with E-state index in [1.54, 1.807) is 6.07 Å². The zero-order valence-electron chi connectivity index (χ0n) is 30.5. The van der Waals surface area contributed by atoms with Crippen LogP contribution < -0.4 is 4.90 Å². The summed E-state index contributed by atoms with van der Waals surface area (Å²) in [6.45, 7) is 4.52. The first-order chi connectivity index (χ1) is 26.0. The van der Waals surface area contributed by atoms with E-state index in [9.17, 15) is 15.2 Å². The molecule has 0 aliphatic carbocycles. The number of unbranched alkanes of at least 4 members (excludes halogenated alkanes) is 6. The monoisotopic (exact) mass is 754 g/mol. The number of hydrogen-bond donors (Lipinski definition) is 1. The maximum atomic E-state index is 11.5. The number of benzene rings is 3. The van der Waals surface area contributed by atoms with E-state index < -0.39 is 5.97 Å². The van der Waals surface area contributed by atoms with Gasteiger partial charge in [-0.25, -0.2) is 4.79 Å². The standard InChI is InChI=1S/C46H46N2O2S3/c1-3-5-7-11-17-34-31-43(45-35(18-12-8-6-4-2)30-42(52-45)41-28-27-40(51-41)29-36(32-47)46(49)50)53-44(34)33-23-25-39(26-24-33)48(37-19-13-9-14-20-37)38-21-15-10-16-22-38/h9-10,13-16,19-31H,3-8,11-12,17-18H2,1-2H3,(H,49,50)/b36-29-. The van der Waals surface area contributed by atoms with E-state index in [0.717, 1.165) is 46.1 Å². The molecule has 0 aliphatic heterocycles. The van der Waals surface area contributed by atoms with Crippen molar-refractivity contribution in [2.24, 2.45) is 0 Å². The van der Waals surface area contributed by atoms with Gasteiger partial charge < -0.3 is 10.0 Å². The van der Waals surface area contributed by atoms with Crippen LogP contribution in [-0.2, 0) is 17.6 Å². The third-order valence-corrected chi connectivity index (χ3v) is 13.2. The predicted molar refractivity (Wildman–Crippen MR) is 228 cm³/mol. The highest BCUT2D eigenvalue weighted by Gasteiger charge is 2.20. The number of para-hydroxylation sites is 2. The van der Waals surface area contributed by atoms with Crippen LogP contribution in [0.4, 0.5) is 17.1 Å². The van der Waals surface area contributed by atoms with Crippen LogP contribution in [0.15, 0.2) is 115 Å². The Bertz CT molecular complexity index is 2110. The van der Waals surface area contributed by atoms with Crippen LogP contribution in [0.1, 0.15) is 81.2 Å². The van der Waals surface area contributed by atoms with Gasteiger partial charge in [0.2, 0.25) is 0 Å². The fourth-order valence-corrected chi connectivity index (χ4v) is 10.2. The van der Waals surface area contributed by atoms with Crippen molar-refractivity contribution in [3.8, 4) is 36.0 Å². The average molecular weight is 755 g/mol. The molecule has 0 bridgehead atoms. The molecular formula is C46H46N2O2S3. The van der Waals surface area contributed by atoms with Crippen molar-refractivity contribution in [3.63, 3.8) is 0 Å². The van der Waals surface area contributed by atoms with E-state index in [4.69, 9.17) is 0 Å². The topological polar surface area (TPSA) is 64.3 Å². The molecule has 1 N–H and O–H groups in total. The van der Waals surface area contributed by atoms with Gasteiger partial charge in [-0.1, -0.05) is 101 Å². The van der Waals surface area contributed by atoms with E-state index >= 15 is 0 Å². The molecule has 0 saturated heterocycles. The number of aryl methyl sites for hydroxylation is 2. The lowest BCUT2D eigenvalue weighted by Crippen LogP contribution is -2.09. The number of rotatable bonds is 18. The Kier molecular flexibility index (Phi) is 13.5. The van der Waals surface area contributed by atoms with Crippen LogP contribution in [0.2, 0.25) is 0 Å².